The zero-order chi connectivity index (χ0) is 7.61. The molecule has 4 heteroatoms. The van der Waals surface area contributed by atoms with Crippen LogP contribution in [0.1, 0.15) is 13.3 Å². The molecule has 1 aliphatic rings. The molecule has 60 valence electrons. The third-order valence-electron chi connectivity index (χ3n) is 1.59. The second-order valence-electron chi connectivity index (χ2n) is 2.73. The zero-order valence-electron chi connectivity index (χ0n) is 6.13. The molecule has 0 saturated carbocycles. The molecule has 0 bridgehead atoms. The second-order valence-corrected chi connectivity index (χ2v) is 4.88. The fraction of sp³-hybridized carbons (Fsp3) is 1.00. The molecule has 0 atom stereocenters. The van der Waals surface area contributed by atoms with Crippen LogP contribution in [-0.2, 0) is 9.84 Å². The highest BCUT2D eigenvalue weighted by Crippen LogP contribution is 2.09. The van der Waals surface area contributed by atoms with Crippen LogP contribution in [-0.4, -0.2) is 32.5 Å². The van der Waals surface area contributed by atoms with Gasteiger partial charge in [-0.15, -0.1) is 0 Å². The molecular formula is C6H13NO2S. The van der Waals surface area contributed by atoms with Gasteiger partial charge in [-0.25, -0.2) is 8.42 Å². The quantitative estimate of drug-likeness (QED) is 0.626. The molecule has 1 N–H and O–H groups in total. The summed E-state index contributed by atoms with van der Waals surface area (Å²) < 4.78 is 21.2. The van der Waals surface area contributed by atoms with Crippen LogP contribution < -0.4 is 5.32 Å². The fourth-order valence-corrected chi connectivity index (χ4v) is 2.39. The van der Waals surface area contributed by atoms with Crippen molar-refractivity contribution in [2.45, 2.75) is 19.4 Å². The summed E-state index contributed by atoms with van der Waals surface area (Å²) in [6.07, 6.45) is 1.07. The highest BCUT2D eigenvalue weighted by Gasteiger charge is 2.32. The van der Waals surface area contributed by atoms with E-state index in [1.807, 2.05) is 0 Å². The van der Waals surface area contributed by atoms with Gasteiger partial charge in [-0.1, -0.05) is 6.92 Å². The van der Waals surface area contributed by atoms with Crippen molar-refractivity contribution in [1.82, 2.24) is 5.32 Å². The maximum absolute atomic E-state index is 10.6. The van der Waals surface area contributed by atoms with Gasteiger partial charge < -0.3 is 5.32 Å². The second kappa shape index (κ2) is 2.88. The monoisotopic (exact) mass is 163 g/mol. The standard InChI is InChI=1S/C6H13NO2S/c1-2-3-7-6-4-10(8,9)5-6/h6-7H,2-5H2,1H3. The van der Waals surface area contributed by atoms with Gasteiger partial charge in [-0.05, 0) is 13.0 Å². The molecule has 1 saturated heterocycles. The van der Waals surface area contributed by atoms with E-state index in [1.165, 1.54) is 0 Å². The van der Waals surface area contributed by atoms with Gasteiger partial charge in [0.25, 0.3) is 0 Å². The van der Waals surface area contributed by atoms with Crippen molar-refractivity contribution in [3.63, 3.8) is 0 Å². The third kappa shape index (κ3) is 1.95. The summed E-state index contributed by atoms with van der Waals surface area (Å²) in [4.78, 5) is 0. The molecule has 0 radical (unpaired) electrons. The van der Waals surface area contributed by atoms with E-state index in [2.05, 4.69) is 12.2 Å². The largest absolute Gasteiger partial charge is 0.312 e. The summed E-state index contributed by atoms with van der Waals surface area (Å²) in [5.41, 5.74) is 0. The van der Waals surface area contributed by atoms with Gasteiger partial charge >= 0.3 is 0 Å². The lowest BCUT2D eigenvalue weighted by atomic mass is 10.3. The lowest BCUT2D eigenvalue weighted by Gasteiger charge is -2.26. The lowest BCUT2D eigenvalue weighted by Crippen LogP contribution is -2.51. The van der Waals surface area contributed by atoms with Crippen molar-refractivity contribution in [2.75, 3.05) is 18.1 Å². The van der Waals surface area contributed by atoms with Crippen molar-refractivity contribution < 1.29 is 8.42 Å². The van der Waals surface area contributed by atoms with E-state index >= 15 is 0 Å². The Morgan fingerprint density at radius 1 is 1.50 bits per heavy atom. The summed E-state index contributed by atoms with van der Waals surface area (Å²) in [5.74, 6) is 0.681. The molecule has 10 heavy (non-hydrogen) atoms. The first kappa shape index (κ1) is 8.01. The predicted octanol–water partition coefficient (Wildman–Crippen LogP) is -0.217. The van der Waals surface area contributed by atoms with Gasteiger partial charge in [0.05, 0.1) is 11.5 Å². The SMILES string of the molecule is CCCNC1CS(=O)(=O)C1. The average molecular weight is 163 g/mol. The van der Waals surface area contributed by atoms with Crippen LogP contribution in [0.4, 0.5) is 0 Å². The van der Waals surface area contributed by atoms with Crippen LogP contribution >= 0.6 is 0 Å². The van der Waals surface area contributed by atoms with Gasteiger partial charge in [-0.3, -0.25) is 0 Å². The minimum absolute atomic E-state index is 0.241. The molecule has 0 unspecified atom stereocenters. The van der Waals surface area contributed by atoms with Crippen molar-refractivity contribution in [3.05, 3.63) is 0 Å². The Balaban J connectivity index is 2.15. The first-order valence-electron chi connectivity index (χ1n) is 3.58. The maximum atomic E-state index is 10.6. The highest BCUT2D eigenvalue weighted by molar-refractivity contribution is 7.92. The minimum atomic E-state index is -2.62. The first-order chi connectivity index (χ1) is 4.64. The number of rotatable bonds is 3. The molecule has 1 fully saturated rings. The van der Waals surface area contributed by atoms with Gasteiger partial charge in [-0.2, -0.15) is 0 Å². The van der Waals surface area contributed by atoms with Crippen LogP contribution in [0, 0.1) is 0 Å². The summed E-state index contributed by atoms with van der Waals surface area (Å²) in [6, 6.07) is 0.241. The molecule has 0 aromatic rings. The number of hydrogen-bond acceptors (Lipinski definition) is 3. The van der Waals surface area contributed by atoms with Crippen molar-refractivity contribution >= 4 is 9.84 Å². The predicted molar refractivity (Wildman–Crippen MR) is 40.7 cm³/mol. The van der Waals surface area contributed by atoms with Crippen molar-refractivity contribution in [2.24, 2.45) is 0 Å². The average Bonchev–Trinajstić information content (AvgIpc) is 1.78. The Labute approximate surface area is 61.7 Å². The van der Waals surface area contributed by atoms with Crippen LogP contribution in [0.3, 0.4) is 0 Å². The van der Waals surface area contributed by atoms with Crippen LogP contribution in [0.5, 0.6) is 0 Å². The highest BCUT2D eigenvalue weighted by atomic mass is 32.2. The Hall–Kier alpha value is -0.0900. The zero-order valence-corrected chi connectivity index (χ0v) is 6.95. The summed E-state index contributed by atoms with van der Waals surface area (Å²) in [6.45, 7) is 3.00. The number of nitrogens with one attached hydrogen (secondary N) is 1. The van der Waals surface area contributed by atoms with Crippen molar-refractivity contribution in [1.29, 1.82) is 0 Å². The van der Waals surface area contributed by atoms with Crippen molar-refractivity contribution in [3.8, 4) is 0 Å². The first-order valence-corrected chi connectivity index (χ1v) is 5.40. The summed E-state index contributed by atoms with van der Waals surface area (Å²) in [7, 11) is -2.62. The van der Waals surface area contributed by atoms with Gasteiger partial charge in [0, 0.05) is 6.04 Å². The Kier molecular flexibility index (Phi) is 2.31. The molecule has 0 aliphatic carbocycles. The third-order valence-corrected chi connectivity index (χ3v) is 3.41. The number of hydrogen-bond donors (Lipinski definition) is 1. The normalized spacial score (nSPS) is 24.1. The fourth-order valence-electron chi connectivity index (χ4n) is 1.03. The molecule has 1 heterocycles. The molecule has 0 amide bonds. The topological polar surface area (TPSA) is 46.2 Å². The van der Waals surface area contributed by atoms with E-state index in [1.54, 1.807) is 0 Å². The Morgan fingerprint density at radius 2 is 2.10 bits per heavy atom. The van der Waals surface area contributed by atoms with Gasteiger partial charge in [0.15, 0.2) is 9.84 Å². The van der Waals surface area contributed by atoms with E-state index in [0.717, 1.165) is 13.0 Å². The summed E-state index contributed by atoms with van der Waals surface area (Å²) >= 11 is 0. The van der Waals surface area contributed by atoms with E-state index in [9.17, 15) is 8.42 Å². The smallest absolute Gasteiger partial charge is 0.153 e. The minimum Gasteiger partial charge on any atom is -0.312 e. The van der Waals surface area contributed by atoms with E-state index in [-0.39, 0.29) is 6.04 Å². The Morgan fingerprint density at radius 3 is 2.50 bits per heavy atom. The van der Waals surface area contributed by atoms with Crippen LogP contribution in [0.15, 0.2) is 0 Å². The van der Waals surface area contributed by atoms with E-state index in [4.69, 9.17) is 0 Å². The molecular weight excluding hydrogens is 150 g/mol. The van der Waals surface area contributed by atoms with E-state index in [0.29, 0.717) is 11.5 Å². The van der Waals surface area contributed by atoms with Crippen LogP contribution in [0.2, 0.25) is 0 Å². The van der Waals surface area contributed by atoms with E-state index < -0.39 is 9.84 Å². The Bertz CT molecular complexity index is 186. The lowest BCUT2D eigenvalue weighted by molar-refractivity contribution is 0.511. The molecule has 0 aromatic carbocycles. The number of sulfone groups is 1. The van der Waals surface area contributed by atoms with Gasteiger partial charge in [0.2, 0.25) is 0 Å². The molecule has 1 rings (SSSR count). The molecule has 0 spiro atoms. The molecule has 0 aromatic heterocycles. The van der Waals surface area contributed by atoms with Crippen LogP contribution in [0.25, 0.3) is 0 Å². The molecule has 3 nitrogen and oxygen atoms in total. The molecule has 1 aliphatic heterocycles. The van der Waals surface area contributed by atoms with Gasteiger partial charge in [0.1, 0.15) is 0 Å². The maximum Gasteiger partial charge on any atom is 0.153 e. The summed E-state index contributed by atoms with van der Waals surface area (Å²) in [5, 5.41) is 3.15.